The minimum absolute atomic E-state index is 0.0403. The van der Waals surface area contributed by atoms with Gasteiger partial charge in [-0.1, -0.05) is 338 Å². The van der Waals surface area contributed by atoms with Crippen LogP contribution in [0.5, 0.6) is 0 Å². The molecule has 0 radical (unpaired) electrons. The third-order valence-electron chi connectivity index (χ3n) is 17.6. The largest absolute Gasteiger partial charge is 0.472 e. The maximum absolute atomic E-state index is 13.7. The van der Waals surface area contributed by atoms with Crippen LogP contribution in [0, 0.1) is 0 Å². The number of amides is 1. The first-order valence-corrected chi connectivity index (χ1v) is 40.8. The first-order valence-electron chi connectivity index (χ1n) is 39.3. The van der Waals surface area contributed by atoms with E-state index in [1.807, 2.05) is 27.2 Å². The van der Waals surface area contributed by atoms with Crippen molar-refractivity contribution in [3.63, 3.8) is 0 Å². The molecule has 3 atom stereocenters. The number of likely N-dealkylation sites (N-methyl/N-ethyl adjacent to an activating group) is 1. The van der Waals surface area contributed by atoms with Crippen molar-refractivity contribution in [1.29, 1.82) is 0 Å². The molecule has 0 aliphatic carbocycles. The van der Waals surface area contributed by atoms with Crippen LogP contribution in [0.3, 0.4) is 0 Å². The number of carbonyl (C=O) groups excluding carboxylic acids is 2. The molecule has 0 aromatic heterocycles. The Labute approximate surface area is 565 Å². The molecule has 0 aromatic carbocycles. The molecule has 91 heavy (non-hydrogen) atoms. The van der Waals surface area contributed by atoms with Gasteiger partial charge in [-0.3, -0.25) is 18.6 Å². The Balaban J connectivity index is 4.97. The molecule has 2 N–H and O–H groups in total. The van der Waals surface area contributed by atoms with Crippen molar-refractivity contribution in [2.75, 3.05) is 40.9 Å². The van der Waals surface area contributed by atoms with E-state index >= 15 is 0 Å². The number of nitrogens with zero attached hydrogens (tertiary/aromatic N) is 1. The monoisotopic (exact) mass is 1300 g/mol. The molecule has 0 spiro atoms. The highest BCUT2D eigenvalue weighted by Gasteiger charge is 2.30. The molecule has 10 heteroatoms. The van der Waals surface area contributed by atoms with Crippen LogP contribution >= 0.6 is 7.82 Å². The number of unbranched alkanes of at least 4 members (excludes halogenated alkanes) is 46. The van der Waals surface area contributed by atoms with Gasteiger partial charge in [0.15, 0.2) is 0 Å². The first kappa shape index (κ1) is 88.5. The number of hydrogen-bond acceptors (Lipinski definition) is 6. The average molecular weight is 1300 g/mol. The zero-order chi connectivity index (χ0) is 66.3. The van der Waals surface area contributed by atoms with Crippen molar-refractivity contribution >= 4 is 19.7 Å². The predicted molar refractivity (Wildman–Crippen MR) is 397 cm³/mol. The number of hydrogen-bond donors (Lipinski definition) is 2. The Morgan fingerprint density at radius 1 is 0.385 bits per heavy atom. The van der Waals surface area contributed by atoms with Gasteiger partial charge in [0.05, 0.1) is 33.8 Å². The van der Waals surface area contributed by atoms with Gasteiger partial charge >= 0.3 is 13.8 Å². The summed E-state index contributed by atoms with van der Waals surface area (Å²) in [6, 6.07) is -0.851. The molecule has 9 nitrogen and oxygen atoms in total. The Morgan fingerprint density at radius 2 is 0.670 bits per heavy atom. The van der Waals surface area contributed by atoms with E-state index < -0.39 is 20.0 Å². The van der Waals surface area contributed by atoms with Crippen LogP contribution in [0.2, 0.25) is 0 Å². The molecule has 0 saturated heterocycles. The third kappa shape index (κ3) is 71.6. The van der Waals surface area contributed by atoms with E-state index in [-0.39, 0.29) is 25.1 Å². The van der Waals surface area contributed by atoms with Crippen LogP contribution < -0.4 is 5.32 Å². The van der Waals surface area contributed by atoms with Crippen molar-refractivity contribution in [1.82, 2.24) is 5.32 Å². The molecular formula is C81H152N2O7P+. The summed E-state index contributed by atoms with van der Waals surface area (Å²) >= 11 is 0. The summed E-state index contributed by atoms with van der Waals surface area (Å²) in [5, 5.41) is 3.09. The van der Waals surface area contributed by atoms with Gasteiger partial charge in [0.1, 0.15) is 19.3 Å². The second-order valence-electron chi connectivity index (χ2n) is 27.9. The van der Waals surface area contributed by atoms with Crippen LogP contribution in [0.15, 0.2) is 72.9 Å². The van der Waals surface area contributed by atoms with Gasteiger partial charge < -0.3 is 19.4 Å². The second-order valence-corrected chi connectivity index (χ2v) is 29.3. The van der Waals surface area contributed by atoms with E-state index in [9.17, 15) is 19.0 Å². The summed E-state index contributed by atoms with van der Waals surface area (Å²) in [4.78, 5) is 38.1. The standard InChI is InChI=1S/C81H151N2O7P/c1-7-10-13-16-19-22-25-28-30-32-34-36-38-40-41-43-45-47-49-51-53-56-59-62-65-68-71-74-81(85)90-79(72-69-66-63-60-57-54-27-24-21-18-15-12-9-3)78(77-89-91(86,87)88-76-75-83(4,5)6)82-80(84)73-70-67-64-61-58-55-52-50-48-46-44-42-39-37-35-33-31-29-26-23-20-17-14-11-8-2/h19-20,22-23,28-31,34,36,69,72,78-79H,7-18,21,24-27,32-33,35,37-68,70-71,73-77H2,1-6H3,(H-,82,84,86,87)/p+1/b22-19-,23-20-,30-28-,31-29-,36-34-,72-69+. The fourth-order valence-electron chi connectivity index (χ4n) is 11.6. The number of phosphoric ester groups is 1. The number of carbonyl (C=O) groups is 2. The van der Waals surface area contributed by atoms with Crippen molar-refractivity contribution in [2.24, 2.45) is 0 Å². The van der Waals surface area contributed by atoms with Crippen molar-refractivity contribution in [3.05, 3.63) is 72.9 Å². The average Bonchev–Trinajstić information content (AvgIpc) is 3.73. The van der Waals surface area contributed by atoms with Crippen LogP contribution in [0.4, 0.5) is 0 Å². The second kappa shape index (κ2) is 70.3. The Bertz CT molecular complexity index is 1780. The van der Waals surface area contributed by atoms with Gasteiger partial charge in [0.25, 0.3) is 0 Å². The zero-order valence-corrected chi connectivity index (χ0v) is 62.0. The molecule has 0 bridgehead atoms. The normalized spacial score (nSPS) is 13.8. The lowest BCUT2D eigenvalue weighted by Gasteiger charge is -2.27. The number of quaternary nitrogens is 1. The van der Waals surface area contributed by atoms with Crippen molar-refractivity contribution in [2.45, 2.75) is 392 Å². The van der Waals surface area contributed by atoms with Crippen molar-refractivity contribution in [3.8, 4) is 0 Å². The molecule has 0 aromatic rings. The molecule has 0 heterocycles. The summed E-state index contributed by atoms with van der Waals surface area (Å²) in [5.74, 6) is -0.490. The highest BCUT2D eigenvalue weighted by atomic mass is 31.2. The number of allylic oxidation sites excluding steroid dienone is 11. The molecular weight excluding hydrogens is 1140 g/mol. The number of rotatable bonds is 72. The third-order valence-corrected chi connectivity index (χ3v) is 18.6. The molecule has 0 aliphatic rings. The summed E-state index contributed by atoms with van der Waals surface area (Å²) in [7, 11) is 1.51. The lowest BCUT2D eigenvalue weighted by atomic mass is 10.0. The quantitative estimate of drug-likeness (QED) is 0.0205. The Hall–Kier alpha value is -2.55. The topological polar surface area (TPSA) is 111 Å². The lowest BCUT2D eigenvalue weighted by molar-refractivity contribution is -0.870. The molecule has 0 fully saturated rings. The molecule has 0 saturated carbocycles. The lowest BCUT2D eigenvalue weighted by Crippen LogP contribution is -2.47. The first-order chi connectivity index (χ1) is 44.4. The fourth-order valence-corrected chi connectivity index (χ4v) is 12.3. The Morgan fingerprint density at radius 3 is 1.02 bits per heavy atom. The molecule has 0 rings (SSSR count). The summed E-state index contributed by atoms with van der Waals surface area (Å²) in [6.07, 6.45) is 93.5. The predicted octanol–water partition coefficient (Wildman–Crippen LogP) is 25.5. The van der Waals surface area contributed by atoms with E-state index in [0.717, 1.165) is 77.0 Å². The highest BCUT2D eigenvalue weighted by molar-refractivity contribution is 7.47. The summed E-state index contributed by atoms with van der Waals surface area (Å²) in [5.41, 5.74) is 0. The molecule has 3 unspecified atom stereocenters. The van der Waals surface area contributed by atoms with Gasteiger partial charge in [-0.15, -0.1) is 0 Å². The summed E-state index contributed by atoms with van der Waals surface area (Å²) < 4.78 is 30.9. The molecule has 0 aliphatic heterocycles. The number of phosphoric acid groups is 1. The number of ether oxygens (including phenoxy) is 1. The number of esters is 1. The van der Waals surface area contributed by atoms with Gasteiger partial charge in [-0.25, -0.2) is 4.57 Å². The van der Waals surface area contributed by atoms with Crippen LogP contribution in [0.25, 0.3) is 0 Å². The smallest absolute Gasteiger partial charge is 0.456 e. The van der Waals surface area contributed by atoms with Crippen LogP contribution in [-0.2, 0) is 27.9 Å². The minimum Gasteiger partial charge on any atom is -0.456 e. The number of nitrogens with one attached hydrogen (secondary N) is 1. The molecule has 532 valence electrons. The van der Waals surface area contributed by atoms with Crippen LogP contribution in [-0.4, -0.2) is 74.3 Å². The molecule has 1 amide bonds. The van der Waals surface area contributed by atoms with E-state index in [1.165, 1.54) is 270 Å². The van der Waals surface area contributed by atoms with Gasteiger partial charge in [0, 0.05) is 12.8 Å². The highest BCUT2D eigenvalue weighted by Crippen LogP contribution is 2.43. The van der Waals surface area contributed by atoms with Gasteiger partial charge in [-0.2, -0.15) is 0 Å². The van der Waals surface area contributed by atoms with E-state index in [0.29, 0.717) is 23.9 Å². The maximum Gasteiger partial charge on any atom is 0.472 e. The minimum atomic E-state index is -4.46. The fraction of sp³-hybridized carbons (Fsp3) is 0.827. The van der Waals surface area contributed by atoms with E-state index in [2.05, 4.69) is 92.9 Å². The van der Waals surface area contributed by atoms with Gasteiger partial charge in [-0.05, 0) is 102 Å². The Kier molecular flexibility index (Phi) is 68.3. The van der Waals surface area contributed by atoms with E-state index in [1.54, 1.807) is 0 Å². The van der Waals surface area contributed by atoms with Gasteiger partial charge in [0.2, 0.25) is 5.91 Å². The zero-order valence-electron chi connectivity index (χ0n) is 61.1. The summed E-state index contributed by atoms with van der Waals surface area (Å²) in [6.45, 7) is 7.02. The SMILES string of the molecule is CCCCC/C=C\C/C=C\C/C=C\CCCCCCCCCCCCCCCCC(=O)OC(/C=C/CCCCCCCCCCCCC)C(COP(=O)(O)OCC[N+](C)(C)C)NC(=O)CCCCCCCCCCCCCCCCC/C=C\C/C=C\CCCCC. The van der Waals surface area contributed by atoms with E-state index in [4.69, 9.17) is 13.8 Å². The maximum atomic E-state index is 13.7. The van der Waals surface area contributed by atoms with Crippen molar-refractivity contribution < 1.29 is 37.3 Å². The van der Waals surface area contributed by atoms with Crippen LogP contribution in [0.1, 0.15) is 380 Å².